The van der Waals surface area contributed by atoms with Crippen LogP contribution in [0.5, 0.6) is 5.75 Å². The number of amides is 1. The lowest BCUT2D eigenvalue weighted by molar-refractivity contribution is 0.102. The average Bonchev–Trinajstić information content (AvgIpc) is 2.70. The van der Waals surface area contributed by atoms with E-state index in [-0.39, 0.29) is 26.9 Å². The third-order valence-electron chi connectivity index (χ3n) is 3.96. The Morgan fingerprint density at radius 3 is 2.34 bits per heavy atom. The fourth-order valence-electron chi connectivity index (χ4n) is 2.50. The third-order valence-corrected chi connectivity index (χ3v) is 5.57. The van der Waals surface area contributed by atoms with E-state index in [1.54, 1.807) is 24.3 Å². The fraction of sp³-hybridized carbons (Fsp3) is 0.0500. The number of carbonyl (C=O) groups excluding carboxylic acids is 1. The van der Waals surface area contributed by atoms with Crippen molar-refractivity contribution in [1.29, 1.82) is 0 Å². The van der Waals surface area contributed by atoms with E-state index in [0.29, 0.717) is 5.75 Å². The van der Waals surface area contributed by atoms with Crippen LogP contribution < -0.4 is 14.8 Å². The zero-order valence-corrected chi connectivity index (χ0v) is 16.7. The number of hydrogen-bond donors (Lipinski definition) is 2. The van der Waals surface area contributed by atoms with Crippen LogP contribution >= 0.6 is 11.6 Å². The Labute approximate surface area is 172 Å². The molecular formula is C20H16ClFN2O4S. The standard InChI is InChI=1S/C20H16ClFN2O4S/c1-28-19-5-3-2-4-18(19)24-29(26,27)15-9-6-13(7-10-15)20(25)23-17-11-8-14(21)12-16(17)22/h2-12,24H,1H3,(H,23,25). The van der Waals surface area contributed by atoms with Crippen molar-refractivity contribution in [2.45, 2.75) is 4.90 Å². The molecule has 1 amide bonds. The second-order valence-corrected chi connectivity index (χ2v) is 8.03. The van der Waals surface area contributed by atoms with Crippen molar-refractivity contribution >= 4 is 38.9 Å². The molecule has 0 aliphatic carbocycles. The van der Waals surface area contributed by atoms with Crippen LogP contribution in [-0.4, -0.2) is 21.4 Å². The lowest BCUT2D eigenvalue weighted by Gasteiger charge is -2.12. The molecule has 0 heterocycles. The zero-order valence-electron chi connectivity index (χ0n) is 15.1. The molecule has 0 radical (unpaired) electrons. The Kier molecular flexibility index (Phi) is 6.05. The summed E-state index contributed by atoms with van der Waals surface area (Å²) >= 11 is 5.68. The number of anilines is 2. The summed E-state index contributed by atoms with van der Waals surface area (Å²) in [6.07, 6.45) is 0. The summed E-state index contributed by atoms with van der Waals surface area (Å²) in [6.45, 7) is 0. The van der Waals surface area contributed by atoms with Gasteiger partial charge in [0.1, 0.15) is 11.6 Å². The van der Waals surface area contributed by atoms with Gasteiger partial charge >= 0.3 is 0 Å². The summed E-state index contributed by atoms with van der Waals surface area (Å²) in [5.41, 5.74) is 0.416. The molecule has 9 heteroatoms. The van der Waals surface area contributed by atoms with Crippen LogP contribution in [0.3, 0.4) is 0 Å². The summed E-state index contributed by atoms with van der Waals surface area (Å²) in [7, 11) is -2.46. The van der Waals surface area contributed by atoms with Gasteiger partial charge < -0.3 is 10.1 Å². The number of sulfonamides is 1. The summed E-state index contributed by atoms with van der Waals surface area (Å²) in [5, 5.41) is 2.62. The van der Waals surface area contributed by atoms with Crippen molar-refractivity contribution in [3.8, 4) is 5.75 Å². The van der Waals surface area contributed by atoms with Crippen LogP contribution in [-0.2, 0) is 10.0 Å². The highest BCUT2D eigenvalue weighted by molar-refractivity contribution is 7.92. The van der Waals surface area contributed by atoms with E-state index < -0.39 is 21.7 Å². The highest BCUT2D eigenvalue weighted by Crippen LogP contribution is 2.26. The van der Waals surface area contributed by atoms with Crippen molar-refractivity contribution in [1.82, 2.24) is 0 Å². The van der Waals surface area contributed by atoms with Gasteiger partial charge in [-0.05, 0) is 54.6 Å². The molecule has 29 heavy (non-hydrogen) atoms. The maximum absolute atomic E-state index is 13.8. The van der Waals surface area contributed by atoms with Gasteiger partial charge in [0.2, 0.25) is 0 Å². The minimum absolute atomic E-state index is 0.0334. The Hall–Kier alpha value is -3.10. The maximum atomic E-state index is 13.8. The first-order chi connectivity index (χ1) is 13.8. The number of nitrogens with one attached hydrogen (secondary N) is 2. The maximum Gasteiger partial charge on any atom is 0.262 e. The largest absolute Gasteiger partial charge is 0.495 e. The van der Waals surface area contributed by atoms with E-state index >= 15 is 0 Å². The van der Waals surface area contributed by atoms with Gasteiger partial charge in [-0.2, -0.15) is 0 Å². The molecule has 0 fully saturated rings. The summed E-state index contributed by atoms with van der Waals surface area (Å²) < 4.78 is 46.6. The van der Waals surface area contributed by atoms with Gasteiger partial charge in [0, 0.05) is 10.6 Å². The molecule has 0 aliphatic heterocycles. The Morgan fingerprint density at radius 2 is 1.69 bits per heavy atom. The molecule has 3 aromatic rings. The quantitative estimate of drug-likeness (QED) is 0.596. The number of rotatable bonds is 6. The van der Waals surface area contributed by atoms with E-state index in [9.17, 15) is 17.6 Å². The smallest absolute Gasteiger partial charge is 0.262 e. The first kappa shape index (κ1) is 20.6. The molecule has 150 valence electrons. The molecule has 0 aliphatic rings. The number of halogens is 2. The topological polar surface area (TPSA) is 84.5 Å². The molecular weight excluding hydrogens is 419 g/mol. The lowest BCUT2D eigenvalue weighted by Crippen LogP contribution is -2.15. The van der Waals surface area contributed by atoms with Crippen molar-refractivity contribution in [3.05, 3.63) is 83.1 Å². The van der Waals surface area contributed by atoms with Crippen LogP contribution in [0.1, 0.15) is 10.4 Å². The summed E-state index contributed by atoms with van der Waals surface area (Å²) in [6, 6.07) is 15.7. The molecule has 2 N–H and O–H groups in total. The molecule has 0 saturated heterocycles. The van der Waals surface area contributed by atoms with Crippen molar-refractivity contribution < 1.29 is 22.3 Å². The van der Waals surface area contributed by atoms with Crippen molar-refractivity contribution in [2.75, 3.05) is 17.1 Å². The second-order valence-electron chi connectivity index (χ2n) is 5.91. The van der Waals surface area contributed by atoms with E-state index in [4.69, 9.17) is 16.3 Å². The number of carbonyl (C=O) groups is 1. The van der Waals surface area contributed by atoms with E-state index in [0.717, 1.165) is 6.07 Å². The number of ether oxygens (including phenoxy) is 1. The van der Waals surface area contributed by atoms with E-state index in [1.165, 1.54) is 43.5 Å². The molecule has 6 nitrogen and oxygen atoms in total. The zero-order chi connectivity index (χ0) is 21.0. The normalized spacial score (nSPS) is 11.0. The van der Waals surface area contributed by atoms with E-state index in [1.807, 2.05) is 0 Å². The fourth-order valence-corrected chi connectivity index (χ4v) is 3.73. The van der Waals surface area contributed by atoms with Crippen molar-refractivity contribution in [3.63, 3.8) is 0 Å². The number of para-hydroxylation sites is 2. The first-order valence-corrected chi connectivity index (χ1v) is 10.2. The molecule has 0 atom stereocenters. The van der Waals surface area contributed by atoms with Gasteiger partial charge in [0.05, 0.1) is 23.4 Å². The van der Waals surface area contributed by atoms with Gasteiger partial charge in [-0.15, -0.1) is 0 Å². The molecule has 0 unspecified atom stereocenters. The van der Waals surface area contributed by atoms with Gasteiger partial charge in [0.15, 0.2) is 0 Å². The second kappa shape index (κ2) is 8.50. The number of methoxy groups -OCH3 is 1. The summed E-state index contributed by atoms with van der Waals surface area (Å²) in [4.78, 5) is 12.3. The SMILES string of the molecule is COc1ccccc1NS(=O)(=O)c1ccc(C(=O)Nc2ccc(Cl)cc2F)cc1. The average molecular weight is 435 g/mol. The lowest BCUT2D eigenvalue weighted by atomic mass is 10.2. The minimum Gasteiger partial charge on any atom is -0.495 e. The summed E-state index contributed by atoms with van der Waals surface area (Å²) in [5.74, 6) is -0.893. The van der Waals surface area contributed by atoms with Gasteiger partial charge in [-0.3, -0.25) is 9.52 Å². The predicted octanol–water partition coefficient (Wildman–Crippen LogP) is 4.54. The van der Waals surface area contributed by atoms with Gasteiger partial charge in [0.25, 0.3) is 15.9 Å². The molecule has 0 bridgehead atoms. The van der Waals surface area contributed by atoms with Crippen LogP contribution in [0.25, 0.3) is 0 Å². The number of benzene rings is 3. The molecule has 3 aromatic carbocycles. The van der Waals surface area contributed by atoms with Gasteiger partial charge in [-0.1, -0.05) is 23.7 Å². The minimum atomic E-state index is -3.90. The molecule has 0 saturated carbocycles. The Morgan fingerprint density at radius 1 is 1.00 bits per heavy atom. The highest BCUT2D eigenvalue weighted by Gasteiger charge is 2.17. The van der Waals surface area contributed by atoms with Crippen LogP contribution in [0.2, 0.25) is 5.02 Å². The monoisotopic (exact) mass is 434 g/mol. The third kappa shape index (κ3) is 4.85. The molecule has 0 aromatic heterocycles. The van der Waals surface area contributed by atoms with Crippen LogP contribution in [0.4, 0.5) is 15.8 Å². The van der Waals surface area contributed by atoms with E-state index in [2.05, 4.69) is 10.0 Å². The first-order valence-electron chi connectivity index (χ1n) is 8.32. The van der Waals surface area contributed by atoms with Gasteiger partial charge in [-0.25, -0.2) is 12.8 Å². The molecule has 3 rings (SSSR count). The van der Waals surface area contributed by atoms with Crippen molar-refractivity contribution in [2.24, 2.45) is 0 Å². The van der Waals surface area contributed by atoms with Crippen LogP contribution in [0, 0.1) is 5.82 Å². The predicted molar refractivity (Wildman–Crippen MR) is 110 cm³/mol. The van der Waals surface area contributed by atoms with Crippen LogP contribution in [0.15, 0.2) is 71.6 Å². The molecule has 0 spiro atoms. The number of hydrogen-bond acceptors (Lipinski definition) is 4. The highest BCUT2D eigenvalue weighted by atomic mass is 35.5. The Bertz CT molecular complexity index is 1150. The Balaban J connectivity index is 1.77.